The lowest BCUT2D eigenvalue weighted by atomic mass is 10.1. The van der Waals surface area contributed by atoms with Gasteiger partial charge in [0.05, 0.1) is 12.5 Å². The largest absolute Gasteiger partial charge is 0.387 e. The Hall–Kier alpha value is -2.73. The summed E-state index contributed by atoms with van der Waals surface area (Å²) in [6, 6.07) is 23.3. The van der Waals surface area contributed by atoms with Crippen molar-refractivity contribution >= 4 is 24.0 Å². The molecule has 30 heavy (non-hydrogen) atoms. The molecule has 3 rings (SSSR count). The number of rotatable bonds is 9. The normalized spacial score (nSPS) is 12.5. The van der Waals surface area contributed by atoms with Gasteiger partial charge in [-0.1, -0.05) is 48.5 Å². The van der Waals surface area contributed by atoms with Crippen LogP contribution in [0.5, 0.6) is 0 Å². The molecule has 0 unspecified atom stereocenters. The average Bonchev–Trinajstić information content (AvgIpc) is 2.75. The van der Waals surface area contributed by atoms with Gasteiger partial charge in [0.2, 0.25) is 5.91 Å². The van der Waals surface area contributed by atoms with E-state index in [2.05, 4.69) is 22.5 Å². The number of aliphatic hydroxyl groups is 1. The van der Waals surface area contributed by atoms with E-state index in [-0.39, 0.29) is 30.8 Å². The zero-order valence-electron chi connectivity index (χ0n) is 17.0. The van der Waals surface area contributed by atoms with Gasteiger partial charge in [-0.15, -0.1) is 12.4 Å². The molecule has 1 amide bonds. The van der Waals surface area contributed by atoms with Crippen LogP contribution in [-0.2, 0) is 17.6 Å². The topological polar surface area (TPSA) is 74.2 Å². The lowest BCUT2D eigenvalue weighted by molar-refractivity contribution is -0.115. The van der Waals surface area contributed by atoms with Gasteiger partial charge in [-0.05, 0) is 48.7 Å². The molecular formula is C24H28ClN3O2. The number of hydrogen-bond donors (Lipinski definition) is 3. The van der Waals surface area contributed by atoms with Gasteiger partial charge in [0.1, 0.15) is 0 Å². The van der Waals surface area contributed by atoms with Crippen LogP contribution < -0.4 is 10.6 Å². The van der Waals surface area contributed by atoms with Crippen molar-refractivity contribution in [3.8, 4) is 0 Å². The third-order valence-electron chi connectivity index (χ3n) is 4.69. The highest BCUT2D eigenvalue weighted by atomic mass is 35.5. The Labute approximate surface area is 184 Å². The number of amides is 1. The van der Waals surface area contributed by atoms with E-state index in [4.69, 9.17) is 0 Å². The summed E-state index contributed by atoms with van der Waals surface area (Å²) in [6.45, 7) is 2.60. The standard InChI is InChI=1S/C24H27N3O2.ClH/c1-18(26-17-23(28)20-7-3-2-4-8-20)15-19-10-12-21(13-11-19)27-24(29)16-22-9-5-6-14-25-22;/h2-14,18,23,26,28H,15-17H2,1H3,(H,27,29);1H/t18-,23-;/m1./s1. The van der Waals surface area contributed by atoms with Gasteiger partial charge < -0.3 is 15.7 Å². The van der Waals surface area contributed by atoms with Crippen molar-refractivity contribution in [2.45, 2.75) is 31.9 Å². The molecule has 2 atom stereocenters. The number of hydrogen-bond acceptors (Lipinski definition) is 4. The second kappa shape index (κ2) is 12.1. The smallest absolute Gasteiger partial charge is 0.230 e. The Kier molecular flexibility index (Phi) is 9.48. The van der Waals surface area contributed by atoms with Crippen molar-refractivity contribution in [3.63, 3.8) is 0 Å². The Morgan fingerprint density at radius 1 is 1.00 bits per heavy atom. The van der Waals surface area contributed by atoms with E-state index in [9.17, 15) is 9.90 Å². The quantitative estimate of drug-likeness (QED) is 0.485. The minimum absolute atomic E-state index is 0. The van der Waals surface area contributed by atoms with Gasteiger partial charge >= 0.3 is 0 Å². The molecule has 2 aromatic carbocycles. The van der Waals surface area contributed by atoms with Gasteiger partial charge in [-0.25, -0.2) is 0 Å². The predicted molar refractivity (Wildman–Crippen MR) is 123 cm³/mol. The Morgan fingerprint density at radius 3 is 2.37 bits per heavy atom. The molecule has 0 saturated carbocycles. The summed E-state index contributed by atoms with van der Waals surface area (Å²) in [7, 11) is 0. The zero-order valence-corrected chi connectivity index (χ0v) is 17.8. The minimum Gasteiger partial charge on any atom is -0.387 e. The van der Waals surface area contributed by atoms with E-state index in [1.807, 2.05) is 72.8 Å². The third kappa shape index (κ3) is 7.59. The molecule has 0 aliphatic carbocycles. The molecular weight excluding hydrogens is 398 g/mol. The van der Waals surface area contributed by atoms with Gasteiger partial charge in [0.15, 0.2) is 0 Å². The number of nitrogens with zero attached hydrogens (tertiary/aromatic N) is 1. The van der Waals surface area contributed by atoms with Crippen molar-refractivity contribution in [2.75, 3.05) is 11.9 Å². The van der Waals surface area contributed by atoms with Gasteiger partial charge in [0, 0.05) is 30.2 Å². The second-order valence-corrected chi connectivity index (χ2v) is 7.18. The summed E-state index contributed by atoms with van der Waals surface area (Å²) < 4.78 is 0. The Balaban J connectivity index is 0.00000320. The Morgan fingerprint density at radius 2 is 1.70 bits per heavy atom. The van der Waals surface area contributed by atoms with E-state index in [0.29, 0.717) is 6.54 Å². The van der Waals surface area contributed by atoms with Crippen LogP contribution in [0.2, 0.25) is 0 Å². The van der Waals surface area contributed by atoms with Crippen molar-refractivity contribution in [1.29, 1.82) is 0 Å². The first kappa shape index (κ1) is 23.5. The molecule has 6 heteroatoms. The summed E-state index contributed by atoms with van der Waals surface area (Å²) in [4.78, 5) is 16.3. The second-order valence-electron chi connectivity index (χ2n) is 7.18. The van der Waals surface area contributed by atoms with E-state index in [0.717, 1.165) is 23.4 Å². The first-order valence-corrected chi connectivity index (χ1v) is 9.85. The minimum atomic E-state index is -0.518. The molecule has 1 aromatic heterocycles. The average molecular weight is 426 g/mol. The van der Waals surface area contributed by atoms with Gasteiger partial charge in [-0.2, -0.15) is 0 Å². The summed E-state index contributed by atoms with van der Waals surface area (Å²) in [5.74, 6) is -0.0821. The van der Waals surface area contributed by atoms with Gasteiger partial charge in [-0.3, -0.25) is 9.78 Å². The fourth-order valence-corrected chi connectivity index (χ4v) is 3.13. The van der Waals surface area contributed by atoms with Crippen LogP contribution in [-0.4, -0.2) is 28.6 Å². The van der Waals surface area contributed by atoms with Crippen molar-refractivity contribution in [3.05, 3.63) is 95.8 Å². The molecule has 0 fully saturated rings. The molecule has 3 aromatic rings. The summed E-state index contributed by atoms with van der Waals surface area (Å²) >= 11 is 0. The highest BCUT2D eigenvalue weighted by molar-refractivity contribution is 5.92. The molecule has 0 spiro atoms. The zero-order chi connectivity index (χ0) is 20.5. The van der Waals surface area contributed by atoms with Crippen LogP contribution in [0.15, 0.2) is 79.0 Å². The van der Waals surface area contributed by atoms with Crippen LogP contribution in [0.1, 0.15) is 29.8 Å². The van der Waals surface area contributed by atoms with Crippen molar-refractivity contribution in [2.24, 2.45) is 0 Å². The van der Waals surface area contributed by atoms with Crippen molar-refractivity contribution < 1.29 is 9.90 Å². The van der Waals surface area contributed by atoms with Crippen LogP contribution in [0.25, 0.3) is 0 Å². The molecule has 5 nitrogen and oxygen atoms in total. The molecule has 0 aliphatic rings. The highest BCUT2D eigenvalue weighted by Gasteiger charge is 2.10. The molecule has 0 saturated heterocycles. The molecule has 0 aliphatic heterocycles. The maximum Gasteiger partial charge on any atom is 0.230 e. The summed E-state index contributed by atoms with van der Waals surface area (Å²) in [5.41, 5.74) is 3.61. The maximum atomic E-state index is 12.1. The lowest BCUT2D eigenvalue weighted by Crippen LogP contribution is -2.32. The van der Waals surface area contributed by atoms with E-state index in [1.54, 1.807) is 6.20 Å². The number of benzene rings is 2. The number of halogens is 1. The first-order chi connectivity index (χ1) is 14.1. The number of carbonyl (C=O) groups is 1. The number of nitrogens with one attached hydrogen (secondary N) is 2. The molecule has 158 valence electrons. The lowest BCUT2D eigenvalue weighted by Gasteiger charge is -2.18. The monoisotopic (exact) mass is 425 g/mol. The van der Waals surface area contributed by atoms with E-state index < -0.39 is 6.10 Å². The fourth-order valence-electron chi connectivity index (χ4n) is 3.13. The number of aromatic nitrogens is 1. The molecule has 1 heterocycles. The first-order valence-electron chi connectivity index (χ1n) is 9.85. The molecule has 3 N–H and O–H groups in total. The van der Waals surface area contributed by atoms with Crippen LogP contribution in [0.3, 0.4) is 0 Å². The number of carbonyl (C=O) groups excluding carboxylic acids is 1. The van der Waals surface area contributed by atoms with E-state index >= 15 is 0 Å². The van der Waals surface area contributed by atoms with Crippen LogP contribution in [0, 0.1) is 0 Å². The maximum absolute atomic E-state index is 12.1. The number of anilines is 1. The molecule has 0 bridgehead atoms. The van der Waals surface area contributed by atoms with E-state index in [1.165, 1.54) is 5.56 Å². The van der Waals surface area contributed by atoms with Crippen molar-refractivity contribution in [1.82, 2.24) is 10.3 Å². The van der Waals surface area contributed by atoms with Crippen LogP contribution >= 0.6 is 12.4 Å². The predicted octanol–water partition coefficient (Wildman–Crippen LogP) is 3.94. The summed E-state index contributed by atoms with van der Waals surface area (Å²) in [5, 5.41) is 16.5. The fraction of sp³-hybridized carbons (Fsp3) is 0.250. The SMILES string of the molecule is C[C@H](Cc1ccc(NC(=O)Cc2ccccn2)cc1)NC[C@@H](O)c1ccccc1.Cl. The summed E-state index contributed by atoms with van der Waals surface area (Å²) in [6.07, 6.45) is 2.26. The Bertz CT molecular complexity index is 889. The van der Waals surface area contributed by atoms with Gasteiger partial charge in [0.25, 0.3) is 0 Å². The number of aliphatic hydroxyl groups excluding tert-OH is 1. The third-order valence-corrected chi connectivity index (χ3v) is 4.69. The van der Waals surface area contributed by atoms with Crippen LogP contribution in [0.4, 0.5) is 5.69 Å². The number of pyridine rings is 1. The molecule has 0 radical (unpaired) electrons. The highest BCUT2D eigenvalue weighted by Crippen LogP contribution is 2.14.